The lowest BCUT2D eigenvalue weighted by Crippen LogP contribution is -2.32. The molecule has 0 heterocycles. The second-order valence-electron chi connectivity index (χ2n) is 2.17. The molecule has 0 aromatic rings. The van der Waals surface area contributed by atoms with Crippen molar-refractivity contribution in [1.82, 2.24) is 4.13 Å². The second-order valence-corrected chi connectivity index (χ2v) is 6.02. The third kappa shape index (κ3) is 6.53. The van der Waals surface area contributed by atoms with Crippen LogP contribution < -0.4 is 4.13 Å². The number of hydrogen-bond acceptors (Lipinski definition) is 5. The normalized spacial score (nSPS) is 13.2. The lowest BCUT2D eigenvalue weighted by Gasteiger charge is -2.02. The van der Waals surface area contributed by atoms with E-state index in [0.717, 1.165) is 6.26 Å². The highest BCUT2D eigenvalue weighted by Gasteiger charge is 2.15. The van der Waals surface area contributed by atoms with Gasteiger partial charge in [0.1, 0.15) is 0 Å². The molecule has 0 rings (SSSR count). The summed E-state index contributed by atoms with van der Waals surface area (Å²) in [4.78, 5) is 0. The quantitative estimate of drug-likeness (QED) is 0.606. The molecule has 0 spiro atoms. The highest BCUT2D eigenvalue weighted by atomic mass is 32.3. The van der Waals surface area contributed by atoms with E-state index in [1.807, 2.05) is 0 Å². The van der Waals surface area contributed by atoms with Crippen LogP contribution in [0.3, 0.4) is 0 Å². The van der Waals surface area contributed by atoms with E-state index in [-0.39, 0.29) is 12.4 Å². The molecule has 0 amide bonds. The van der Waals surface area contributed by atoms with Gasteiger partial charge in [-0.15, -0.1) is 4.13 Å². The smallest absolute Gasteiger partial charge is 0.226 e. The van der Waals surface area contributed by atoms with Gasteiger partial charge in [0, 0.05) is 7.11 Å². The van der Waals surface area contributed by atoms with Crippen LogP contribution in [-0.4, -0.2) is 42.6 Å². The van der Waals surface area contributed by atoms with Crippen molar-refractivity contribution in [1.29, 1.82) is 0 Å². The molecule has 0 radical (unpaired) electrons. The van der Waals surface area contributed by atoms with Crippen molar-refractivity contribution >= 4 is 20.0 Å². The minimum Gasteiger partial charge on any atom is -0.384 e. The van der Waals surface area contributed by atoms with Gasteiger partial charge in [0.2, 0.25) is 20.0 Å². The Labute approximate surface area is 72.0 Å². The minimum absolute atomic E-state index is 0.0369. The molecule has 8 heteroatoms. The summed E-state index contributed by atoms with van der Waals surface area (Å²) in [6.07, 6.45) is 0.775. The molecule has 6 nitrogen and oxygen atoms in total. The van der Waals surface area contributed by atoms with Crippen LogP contribution in [-0.2, 0) is 24.8 Å². The van der Waals surface area contributed by atoms with Crippen LogP contribution in [0.25, 0.3) is 0 Å². The Morgan fingerprint density at radius 3 is 2.08 bits per heavy atom. The Kier molecular flexibility index (Phi) is 4.11. The zero-order chi connectivity index (χ0) is 9.83. The van der Waals surface area contributed by atoms with E-state index in [0.29, 0.717) is 0 Å². The molecule has 0 aliphatic carbocycles. The average Bonchev–Trinajstić information content (AvgIpc) is 1.78. The maximum absolute atomic E-state index is 10.8. The van der Waals surface area contributed by atoms with Crippen LogP contribution in [0, 0.1) is 0 Å². The SMILES string of the molecule is COCCS(=O)(=O)NS(C)(=O)=O. The highest BCUT2D eigenvalue weighted by Crippen LogP contribution is 1.87. The van der Waals surface area contributed by atoms with Gasteiger partial charge in [-0.1, -0.05) is 0 Å². The van der Waals surface area contributed by atoms with Gasteiger partial charge in [-0.2, -0.15) is 0 Å². The molecule has 0 bridgehead atoms. The van der Waals surface area contributed by atoms with E-state index in [1.54, 1.807) is 0 Å². The standard InChI is InChI=1S/C4H11NO5S2/c1-10-3-4-12(8,9)5-11(2,6)7/h5H,3-4H2,1-2H3. The highest BCUT2D eigenvalue weighted by molar-refractivity contribution is 8.04. The van der Waals surface area contributed by atoms with Gasteiger partial charge >= 0.3 is 0 Å². The summed E-state index contributed by atoms with van der Waals surface area (Å²) < 4.78 is 48.6. The molecule has 0 fully saturated rings. The molecule has 0 unspecified atom stereocenters. The van der Waals surface area contributed by atoms with Crippen LogP contribution in [0.2, 0.25) is 0 Å². The first-order valence-corrected chi connectivity index (χ1v) is 6.51. The number of rotatable bonds is 5. The second kappa shape index (κ2) is 4.17. The molecule has 0 atom stereocenters. The van der Waals surface area contributed by atoms with Gasteiger partial charge in [0.15, 0.2) is 0 Å². The zero-order valence-corrected chi connectivity index (χ0v) is 8.40. The predicted octanol–water partition coefficient (Wildman–Crippen LogP) is -1.49. The molecule has 74 valence electrons. The van der Waals surface area contributed by atoms with Crippen molar-refractivity contribution in [3.05, 3.63) is 0 Å². The van der Waals surface area contributed by atoms with Gasteiger partial charge in [0.05, 0.1) is 18.6 Å². The summed E-state index contributed by atoms with van der Waals surface area (Å²) in [7, 11) is -6.14. The summed E-state index contributed by atoms with van der Waals surface area (Å²) in [5.74, 6) is -0.365. The molecular formula is C4H11NO5S2. The molecule has 0 aromatic carbocycles. The first-order valence-electron chi connectivity index (χ1n) is 2.97. The monoisotopic (exact) mass is 217 g/mol. The number of nitrogens with one attached hydrogen (secondary N) is 1. The largest absolute Gasteiger partial charge is 0.384 e. The fraction of sp³-hybridized carbons (Fsp3) is 1.00. The fourth-order valence-corrected chi connectivity index (χ4v) is 3.03. The first kappa shape index (κ1) is 11.8. The molecule has 0 aliphatic heterocycles. The summed E-state index contributed by atoms with van der Waals surface area (Å²) in [6, 6.07) is 0. The van der Waals surface area contributed by atoms with E-state index >= 15 is 0 Å². The van der Waals surface area contributed by atoms with Gasteiger partial charge in [-0.25, -0.2) is 16.8 Å². The van der Waals surface area contributed by atoms with Crippen molar-refractivity contribution in [2.45, 2.75) is 0 Å². The first-order chi connectivity index (χ1) is 5.27. The third-order valence-corrected chi connectivity index (χ3v) is 3.77. The van der Waals surface area contributed by atoms with Crippen molar-refractivity contribution in [3.8, 4) is 0 Å². The zero-order valence-electron chi connectivity index (χ0n) is 6.77. The van der Waals surface area contributed by atoms with Crippen LogP contribution in [0.4, 0.5) is 0 Å². The van der Waals surface area contributed by atoms with Crippen LogP contribution in [0.15, 0.2) is 0 Å². The van der Waals surface area contributed by atoms with Crippen molar-refractivity contribution in [2.24, 2.45) is 0 Å². The van der Waals surface area contributed by atoms with Crippen LogP contribution in [0.1, 0.15) is 0 Å². The summed E-state index contributed by atoms with van der Waals surface area (Å²) in [5.41, 5.74) is 0. The van der Waals surface area contributed by atoms with E-state index in [4.69, 9.17) is 0 Å². The van der Waals surface area contributed by atoms with Gasteiger partial charge in [-0.05, 0) is 0 Å². The summed E-state index contributed by atoms with van der Waals surface area (Å²) in [6.45, 7) is -0.0369. The van der Waals surface area contributed by atoms with Crippen LogP contribution in [0.5, 0.6) is 0 Å². The van der Waals surface area contributed by atoms with Crippen LogP contribution >= 0.6 is 0 Å². The molecular weight excluding hydrogens is 206 g/mol. The number of methoxy groups -OCH3 is 1. The maximum atomic E-state index is 10.8. The molecule has 12 heavy (non-hydrogen) atoms. The number of hydrogen-bond donors (Lipinski definition) is 1. The Balaban J connectivity index is 4.26. The third-order valence-electron chi connectivity index (χ3n) is 0.835. The molecule has 0 aromatic heterocycles. The molecule has 0 saturated carbocycles. The van der Waals surface area contributed by atoms with E-state index in [1.165, 1.54) is 11.2 Å². The Bertz CT molecular complexity index is 315. The number of ether oxygens (including phenoxy) is 1. The summed E-state index contributed by atoms with van der Waals surface area (Å²) >= 11 is 0. The lowest BCUT2D eigenvalue weighted by atomic mass is 10.9. The Hall–Kier alpha value is -0.180. The molecule has 0 aliphatic rings. The fourth-order valence-electron chi connectivity index (χ4n) is 0.465. The Morgan fingerprint density at radius 2 is 1.75 bits per heavy atom. The van der Waals surface area contributed by atoms with Gasteiger partial charge in [0.25, 0.3) is 0 Å². The van der Waals surface area contributed by atoms with Crippen molar-refractivity contribution < 1.29 is 21.6 Å². The maximum Gasteiger partial charge on any atom is 0.226 e. The minimum atomic E-state index is -3.76. The van der Waals surface area contributed by atoms with E-state index in [9.17, 15) is 16.8 Å². The van der Waals surface area contributed by atoms with Crippen molar-refractivity contribution in [3.63, 3.8) is 0 Å². The van der Waals surface area contributed by atoms with Gasteiger partial charge in [-0.3, -0.25) is 0 Å². The molecule has 1 N–H and O–H groups in total. The topological polar surface area (TPSA) is 89.5 Å². The Morgan fingerprint density at radius 1 is 1.25 bits per heavy atom. The molecule has 0 saturated heterocycles. The van der Waals surface area contributed by atoms with E-state index in [2.05, 4.69) is 4.74 Å². The number of sulfonamides is 2. The lowest BCUT2D eigenvalue weighted by molar-refractivity contribution is 0.217. The van der Waals surface area contributed by atoms with Gasteiger partial charge < -0.3 is 4.74 Å². The van der Waals surface area contributed by atoms with E-state index < -0.39 is 20.0 Å². The predicted molar refractivity (Wildman–Crippen MR) is 43.6 cm³/mol. The summed E-state index contributed by atoms with van der Waals surface area (Å²) in [5, 5.41) is 0. The average molecular weight is 217 g/mol. The van der Waals surface area contributed by atoms with Crippen molar-refractivity contribution in [2.75, 3.05) is 25.7 Å².